The summed E-state index contributed by atoms with van der Waals surface area (Å²) < 4.78 is 5.23. The lowest BCUT2D eigenvalue weighted by Gasteiger charge is -2.39. The molecule has 2 aliphatic rings. The zero-order chi connectivity index (χ0) is 16.7. The lowest BCUT2D eigenvalue weighted by molar-refractivity contribution is 0.129. The van der Waals surface area contributed by atoms with Crippen LogP contribution in [0.4, 0.5) is 4.79 Å². The lowest BCUT2D eigenvalue weighted by atomic mass is 9.65. The summed E-state index contributed by atoms with van der Waals surface area (Å²) in [5, 5.41) is 3.08. The third kappa shape index (κ3) is 3.46. The summed E-state index contributed by atoms with van der Waals surface area (Å²) in [6.07, 6.45) is 3.45. The molecule has 1 saturated heterocycles. The number of likely N-dealkylation sites (tertiary alicyclic amines) is 1. The van der Waals surface area contributed by atoms with Gasteiger partial charge in [-0.05, 0) is 47.8 Å². The van der Waals surface area contributed by atoms with Gasteiger partial charge in [-0.15, -0.1) is 0 Å². The molecule has 1 saturated carbocycles. The number of nitrogens with one attached hydrogen (secondary N) is 1. The molecule has 1 aliphatic heterocycles. The Hall–Kier alpha value is -1.71. The lowest BCUT2D eigenvalue weighted by Crippen LogP contribution is -2.43. The molecular weight excluding hydrogens is 288 g/mol. The molecule has 2 bridgehead atoms. The minimum absolute atomic E-state index is 0.0687. The third-order valence-corrected chi connectivity index (χ3v) is 5.25. The second kappa shape index (κ2) is 5.73. The van der Waals surface area contributed by atoms with E-state index in [-0.39, 0.29) is 11.4 Å². The van der Waals surface area contributed by atoms with E-state index in [0.717, 1.165) is 30.7 Å². The van der Waals surface area contributed by atoms with Crippen LogP contribution in [0.3, 0.4) is 0 Å². The monoisotopic (exact) mass is 316 g/mol. The SMILES string of the molecule is COc1cccc(CNC(=O)N2CC3(C)CC2CC(C)(C)C3)c1. The highest BCUT2D eigenvalue weighted by molar-refractivity contribution is 5.75. The fraction of sp³-hybridized carbons (Fsp3) is 0.632. The third-order valence-electron chi connectivity index (χ3n) is 5.25. The molecule has 2 atom stereocenters. The van der Waals surface area contributed by atoms with Gasteiger partial charge in [-0.3, -0.25) is 0 Å². The average Bonchev–Trinajstić information content (AvgIpc) is 2.74. The van der Waals surface area contributed by atoms with Crippen LogP contribution >= 0.6 is 0 Å². The molecule has 0 radical (unpaired) electrons. The van der Waals surface area contributed by atoms with Gasteiger partial charge in [0.25, 0.3) is 0 Å². The molecule has 1 aromatic rings. The highest BCUT2D eigenvalue weighted by Gasteiger charge is 2.50. The Bertz CT molecular complexity index is 599. The Morgan fingerprint density at radius 2 is 2.13 bits per heavy atom. The summed E-state index contributed by atoms with van der Waals surface area (Å²) in [5.41, 5.74) is 1.67. The van der Waals surface area contributed by atoms with Crippen LogP contribution in [-0.4, -0.2) is 30.6 Å². The number of fused-ring (bicyclic) bond motifs is 2. The minimum atomic E-state index is 0.0687. The number of hydrogen-bond donors (Lipinski definition) is 1. The molecule has 2 fully saturated rings. The smallest absolute Gasteiger partial charge is 0.317 e. The number of rotatable bonds is 3. The Morgan fingerprint density at radius 1 is 1.35 bits per heavy atom. The summed E-state index contributed by atoms with van der Waals surface area (Å²) in [6.45, 7) is 8.41. The van der Waals surface area contributed by atoms with Gasteiger partial charge in [0.2, 0.25) is 0 Å². The normalized spacial score (nSPS) is 28.5. The van der Waals surface area contributed by atoms with Crippen molar-refractivity contribution in [2.24, 2.45) is 10.8 Å². The van der Waals surface area contributed by atoms with Gasteiger partial charge in [0.05, 0.1) is 7.11 Å². The maximum atomic E-state index is 12.7. The standard InChI is InChI=1S/C19H28N2O2/c1-18(2)9-15-10-19(3,12-18)13-21(15)17(22)20-11-14-6-5-7-16(8-14)23-4/h5-8,15H,9-13H2,1-4H3,(H,20,22). The molecule has 0 spiro atoms. The summed E-state index contributed by atoms with van der Waals surface area (Å²) in [7, 11) is 1.66. The Labute approximate surface area is 139 Å². The van der Waals surface area contributed by atoms with E-state index < -0.39 is 0 Å². The second-order valence-electron chi connectivity index (χ2n) is 8.35. The molecule has 1 aromatic carbocycles. The first-order valence-corrected chi connectivity index (χ1v) is 8.48. The van der Waals surface area contributed by atoms with Crippen LogP contribution < -0.4 is 10.1 Å². The number of hydrogen-bond acceptors (Lipinski definition) is 2. The maximum Gasteiger partial charge on any atom is 0.317 e. The molecule has 3 rings (SSSR count). The van der Waals surface area contributed by atoms with Crippen molar-refractivity contribution in [1.29, 1.82) is 0 Å². The van der Waals surface area contributed by atoms with Crippen LogP contribution in [-0.2, 0) is 6.54 Å². The van der Waals surface area contributed by atoms with Crippen molar-refractivity contribution in [3.8, 4) is 5.75 Å². The van der Waals surface area contributed by atoms with Crippen molar-refractivity contribution in [2.45, 2.75) is 52.6 Å². The number of ether oxygens (including phenoxy) is 1. The van der Waals surface area contributed by atoms with Gasteiger partial charge in [-0.1, -0.05) is 32.9 Å². The van der Waals surface area contributed by atoms with Crippen LogP contribution in [0.5, 0.6) is 5.75 Å². The van der Waals surface area contributed by atoms with E-state index in [1.165, 1.54) is 6.42 Å². The fourth-order valence-electron chi connectivity index (χ4n) is 4.76. The van der Waals surface area contributed by atoms with Gasteiger partial charge < -0.3 is 15.0 Å². The van der Waals surface area contributed by atoms with E-state index >= 15 is 0 Å². The number of amides is 2. The van der Waals surface area contributed by atoms with Crippen molar-refractivity contribution in [3.63, 3.8) is 0 Å². The summed E-state index contributed by atoms with van der Waals surface area (Å²) in [6, 6.07) is 8.29. The molecule has 4 nitrogen and oxygen atoms in total. The molecule has 126 valence electrons. The van der Waals surface area contributed by atoms with E-state index in [1.54, 1.807) is 7.11 Å². The predicted octanol–water partition coefficient (Wildman–Crippen LogP) is 3.81. The van der Waals surface area contributed by atoms with Crippen LogP contribution in [0.2, 0.25) is 0 Å². The van der Waals surface area contributed by atoms with Crippen molar-refractivity contribution in [1.82, 2.24) is 10.2 Å². The van der Waals surface area contributed by atoms with Crippen molar-refractivity contribution in [2.75, 3.05) is 13.7 Å². The van der Waals surface area contributed by atoms with Gasteiger partial charge in [-0.25, -0.2) is 4.79 Å². The summed E-state index contributed by atoms with van der Waals surface area (Å²) in [5.74, 6) is 0.822. The highest BCUT2D eigenvalue weighted by Crippen LogP contribution is 2.52. The first kappa shape index (κ1) is 16.2. The molecule has 4 heteroatoms. The molecule has 1 aliphatic carbocycles. The van der Waals surface area contributed by atoms with Crippen molar-refractivity contribution in [3.05, 3.63) is 29.8 Å². The molecule has 1 N–H and O–H groups in total. The van der Waals surface area contributed by atoms with Crippen molar-refractivity contribution < 1.29 is 9.53 Å². The predicted molar refractivity (Wildman–Crippen MR) is 91.5 cm³/mol. The largest absolute Gasteiger partial charge is 0.497 e. The molecule has 1 heterocycles. The Balaban J connectivity index is 1.63. The van der Waals surface area contributed by atoms with E-state index in [0.29, 0.717) is 18.0 Å². The number of benzene rings is 1. The van der Waals surface area contributed by atoms with Crippen molar-refractivity contribution >= 4 is 6.03 Å². The minimum Gasteiger partial charge on any atom is -0.497 e. The first-order chi connectivity index (χ1) is 10.8. The zero-order valence-corrected chi connectivity index (χ0v) is 14.7. The molecular formula is C19H28N2O2. The van der Waals surface area contributed by atoms with Crippen LogP contribution in [0.15, 0.2) is 24.3 Å². The first-order valence-electron chi connectivity index (χ1n) is 8.48. The van der Waals surface area contributed by atoms with E-state index in [4.69, 9.17) is 4.74 Å². The number of methoxy groups -OCH3 is 1. The second-order valence-corrected chi connectivity index (χ2v) is 8.35. The fourth-order valence-corrected chi connectivity index (χ4v) is 4.76. The van der Waals surface area contributed by atoms with Crippen LogP contribution in [0.25, 0.3) is 0 Å². The van der Waals surface area contributed by atoms with E-state index in [1.807, 2.05) is 24.3 Å². The van der Waals surface area contributed by atoms with Gasteiger partial charge in [0.15, 0.2) is 0 Å². The topological polar surface area (TPSA) is 41.6 Å². The number of carbonyl (C=O) groups excluding carboxylic acids is 1. The van der Waals surface area contributed by atoms with E-state index in [2.05, 4.69) is 31.0 Å². The molecule has 0 aromatic heterocycles. The highest BCUT2D eigenvalue weighted by atomic mass is 16.5. The van der Waals surface area contributed by atoms with Gasteiger partial charge in [0.1, 0.15) is 5.75 Å². The number of carbonyl (C=O) groups is 1. The molecule has 2 unspecified atom stereocenters. The number of urea groups is 1. The van der Waals surface area contributed by atoms with Crippen LogP contribution in [0.1, 0.15) is 45.6 Å². The maximum absolute atomic E-state index is 12.7. The summed E-state index contributed by atoms with van der Waals surface area (Å²) >= 11 is 0. The Morgan fingerprint density at radius 3 is 2.87 bits per heavy atom. The Kier molecular flexibility index (Phi) is 4.03. The van der Waals surface area contributed by atoms with Gasteiger partial charge in [-0.2, -0.15) is 0 Å². The quantitative estimate of drug-likeness (QED) is 0.921. The van der Waals surface area contributed by atoms with E-state index in [9.17, 15) is 4.79 Å². The zero-order valence-electron chi connectivity index (χ0n) is 14.7. The summed E-state index contributed by atoms with van der Waals surface area (Å²) in [4.78, 5) is 14.7. The molecule has 2 amide bonds. The van der Waals surface area contributed by atoms with Gasteiger partial charge in [0, 0.05) is 19.1 Å². The molecule has 23 heavy (non-hydrogen) atoms. The average molecular weight is 316 g/mol. The number of nitrogens with zero attached hydrogens (tertiary/aromatic N) is 1. The van der Waals surface area contributed by atoms with Crippen LogP contribution in [0, 0.1) is 10.8 Å². The van der Waals surface area contributed by atoms with Gasteiger partial charge >= 0.3 is 6.03 Å².